The molecule has 9 heteroatoms. The average Bonchev–Trinajstić information content (AvgIpc) is 2.92. The van der Waals surface area contributed by atoms with Crippen LogP contribution in [0.4, 0.5) is 10.5 Å². The van der Waals surface area contributed by atoms with Gasteiger partial charge in [-0.2, -0.15) is 0 Å². The van der Waals surface area contributed by atoms with Crippen molar-refractivity contribution in [2.75, 3.05) is 12.4 Å². The Morgan fingerprint density at radius 1 is 0.886 bits per heavy atom. The number of nitrogens with one attached hydrogen (secondary N) is 2. The van der Waals surface area contributed by atoms with Gasteiger partial charge in [0.25, 0.3) is 5.91 Å². The maximum absolute atomic E-state index is 14.7. The first-order chi connectivity index (χ1) is 20.5. The van der Waals surface area contributed by atoms with Crippen molar-refractivity contribution in [3.8, 4) is 11.5 Å². The van der Waals surface area contributed by atoms with E-state index in [4.69, 9.17) is 9.47 Å². The van der Waals surface area contributed by atoms with E-state index in [0.717, 1.165) is 11.1 Å². The predicted molar refractivity (Wildman–Crippen MR) is 172 cm³/mol. The second kappa shape index (κ2) is 13.8. The Balaban J connectivity index is 2.14. The van der Waals surface area contributed by atoms with Crippen molar-refractivity contribution < 1.29 is 29.0 Å². The van der Waals surface area contributed by atoms with E-state index < -0.39 is 41.1 Å². The smallest absolute Gasteiger partial charge is 0.408 e. The number of alkyl carbamates (subject to hydrolysis) is 1. The van der Waals surface area contributed by atoms with Crippen molar-refractivity contribution in [3.05, 3.63) is 89.0 Å². The summed E-state index contributed by atoms with van der Waals surface area (Å²) in [5.41, 5.74) is 2.10. The van der Waals surface area contributed by atoms with Gasteiger partial charge in [0.1, 0.15) is 29.2 Å². The van der Waals surface area contributed by atoms with E-state index in [9.17, 15) is 19.5 Å². The van der Waals surface area contributed by atoms with Gasteiger partial charge in [0.2, 0.25) is 5.91 Å². The first-order valence-corrected chi connectivity index (χ1v) is 14.6. The number of aromatic hydroxyl groups is 1. The van der Waals surface area contributed by atoms with Gasteiger partial charge in [-0.05, 0) is 114 Å². The molecule has 0 aliphatic rings. The van der Waals surface area contributed by atoms with Crippen LogP contribution in [0.15, 0.2) is 66.7 Å². The van der Waals surface area contributed by atoms with E-state index in [2.05, 4.69) is 10.6 Å². The lowest BCUT2D eigenvalue weighted by Gasteiger charge is -2.43. The highest BCUT2D eigenvalue weighted by atomic mass is 16.6. The van der Waals surface area contributed by atoms with E-state index >= 15 is 0 Å². The second-order valence-electron chi connectivity index (χ2n) is 12.9. The standard InChI is InChI=1S/C35H45N3O6/c1-22-11-10-12-28(23(22)2)30(31(40)36-25-15-19-27(43-9)20-16-25)38(34(3,4)5)32(41)29(37-33(42)44-35(6,7)8)21-24-13-17-26(39)18-14-24/h10-20,29-30,39H,21H2,1-9H3,(H,36,40)(H,37,42). The van der Waals surface area contributed by atoms with Crippen LogP contribution < -0.4 is 15.4 Å². The molecule has 0 heterocycles. The molecule has 44 heavy (non-hydrogen) atoms. The summed E-state index contributed by atoms with van der Waals surface area (Å²) >= 11 is 0. The fourth-order valence-electron chi connectivity index (χ4n) is 4.88. The first-order valence-electron chi connectivity index (χ1n) is 14.6. The molecule has 3 aromatic rings. The topological polar surface area (TPSA) is 117 Å². The lowest BCUT2D eigenvalue weighted by atomic mass is 9.90. The van der Waals surface area contributed by atoms with Gasteiger partial charge < -0.3 is 30.1 Å². The summed E-state index contributed by atoms with van der Waals surface area (Å²) in [7, 11) is 1.57. The molecule has 3 N–H and O–H groups in total. The summed E-state index contributed by atoms with van der Waals surface area (Å²) in [5, 5.41) is 15.6. The summed E-state index contributed by atoms with van der Waals surface area (Å²) in [5.74, 6) is -0.149. The van der Waals surface area contributed by atoms with Crippen molar-refractivity contribution in [2.24, 2.45) is 0 Å². The molecule has 0 aliphatic heterocycles. The van der Waals surface area contributed by atoms with Crippen molar-refractivity contribution in [1.82, 2.24) is 10.2 Å². The van der Waals surface area contributed by atoms with E-state index in [1.807, 2.05) is 52.8 Å². The molecule has 0 saturated carbocycles. The minimum absolute atomic E-state index is 0.0817. The van der Waals surface area contributed by atoms with Crippen molar-refractivity contribution in [3.63, 3.8) is 0 Å². The lowest BCUT2D eigenvalue weighted by Crippen LogP contribution is -2.58. The van der Waals surface area contributed by atoms with Crippen LogP contribution in [-0.2, 0) is 20.7 Å². The highest BCUT2D eigenvalue weighted by Crippen LogP contribution is 2.34. The van der Waals surface area contributed by atoms with Crippen LogP contribution in [-0.4, -0.2) is 52.2 Å². The number of hydrogen-bond donors (Lipinski definition) is 3. The third-order valence-corrected chi connectivity index (χ3v) is 7.13. The second-order valence-corrected chi connectivity index (χ2v) is 12.9. The van der Waals surface area contributed by atoms with Gasteiger partial charge in [0.15, 0.2) is 0 Å². The first kappa shape index (κ1) is 34.0. The van der Waals surface area contributed by atoms with Crippen molar-refractivity contribution >= 4 is 23.6 Å². The molecule has 2 atom stereocenters. The van der Waals surface area contributed by atoms with E-state index in [1.165, 1.54) is 17.0 Å². The van der Waals surface area contributed by atoms with Gasteiger partial charge in [-0.1, -0.05) is 30.3 Å². The number of ether oxygens (including phenoxy) is 2. The molecule has 0 aromatic heterocycles. The molecule has 0 bridgehead atoms. The molecule has 9 nitrogen and oxygen atoms in total. The Hall–Kier alpha value is -4.53. The molecule has 0 radical (unpaired) electrons. The van der Waals surface area contributed by atoms with Crippen LogP contribution in [0, 0.1) is 13.8 Å². The number of hydrogen-bond acceptors (Lipinski definition) is 6. The Morgan fingerprint density at radius 3 is 2.05 bits per heavy atom. The van der Waals surface area contributed by atoms with Gasteiger partial charge in [0.05, 0.1) is 7.11 Å². The number of benzene rings is 3. The number of anilines is 1. The van der Waals surface area contributed by atoms with Gasteiger partial charge in [-0.3, -0.25) is 9.59 Å². The molecule has 0 saturated heterocycles. The number of aryl methyl sites for hydroxylation is 1. The summed E-state index contributed by atoms with van der Waals surface area (Å²) in [6.45, 7) is 14.7. The SMILES string of the molecule is COc1ccc(NC(=O)C(c2cccc(C)c2C)N(C(=O)C(Cc2ccc(O)cc2)NC(=O)OC(C)(C)C)C(C)(C)C)cc1. The zero-order chi connectivity index (χ0) is 32.8. The minimum Gasteiger partial charge on any atom is -0.508 e. The van der Waals surface area contributed by atoms with Crippen LogP contribution >= 0.6 is 0 Å². The van der Waals surface area contributed by atoms with Gasteiger partial charge in [-0.25, -0.2) is 4.79 Å². The number of carbonyl (C=O) groups is 3. The Labute approximate surface area is 260 Å². The zero-order valence-corrected chi connectivity index (χ0v) is 27.1. The third-order valence-electron chi connectivity index (χ3n) is 7.13. The molecular formula is C35H45N3O6. The number of carbonyl (C=O) groups excluding carboxylic acids is 3. The fourth-order valence-corrected chi connectivity index (χ4v) is 4.88. The summed E-state index contributed by atoms with van der Waals surface area (Å²) in [6.07, 6.45) is -0.653. The molecule has 236 valence electrons. The van der Waals surface area contributed by atoms with Gasteiger partial charge >= 0.3 is 6.09 Å². The van der Waals surface area contributed by atoms with Crippen molar-refractivity contribution in [2.45, 2.75) is 85.0 Å². The number of methoxy groups -OCH3 is 1. The number of amides is 3. The molecule has 0 fully saturated rings. The molecule has 2 unspecified atom stereocenters. The Kier molecular flexibility index (Phi) is 10.7. The molecule has 0 spiro atoms. The molecule has 0 aliphatic carbocycles. The summed E-state index contributed by atoms with van der Waals surface area (Å²) < 4.78 is 10.8. The largest absolute Gasteiger partial charge is 0.508 e. The highest BCUT2D eigenvalue weighted by Gasteiger charge is 2.42. The maximum atomic E-state index is 14.7. The number of phenols is 1. The Morgan fingerprint density at radius 2 is 1.50 bits per heavy atom. The van der Waals surface area contributed by atoms with Gasteiger partial charge in [0, 0.05) is 17.6 Å². The number of phenolic OH excluding ortho intramolecular Hbond substituents is 1. The molecule has 3 amide bonds. The van der Waals surface area contributed by atoms with Crippen LogP contribution in [0.1, 0.15) is 69.8 Å². The summed E-state index contributed by atoms with van der Waals surface area (Å²) in [4.78, 5) is 43.6. The van der Waals surface area contributed by atoms with Crippen LogP contribution in [0.3, 0.4) is 0 Å². The molecule has 3 rings (SSSR count). The van der Waals surface area contributed by atoms with Crippen LogP contribution in [0.25, 0.3) is 0 Å². The number of nitrogens with zero attached hydrogens (tertiary/aromatic N) is 1. The molecule has 3 aromatic carbocycles. The van der Waals surface area contributed by atoms with Crippen LogP contribution in [0.2, 0.25) is 0 Å². The number of rotatable bonds is 9. The molecular weight excluding hydrogens is 558 g/mol. The third kappa shape index (κ3) is 8.99. The monoisotopic (exact) mass is 603 g/mol. The fraction of sp³-hybridized carbons (Fsp3) is 0.400. The normalized spacial score (nSPS) is 12.9. The quantitative estimate of drug-likeness (QED) is 0.258. The van der Waals surface area contributed by atoms with Gasteiger partial charge in [-0.15, -0.1) is 0 Å². The van der Waals surface area contributed by atoms with E-state index in [0.29, 0.717) is 22.6 Å². The summed E-state index contributed by atoms with van der Waals surface area (Å²) in [6, 6.07) is 16.9. The van der Waals surface area contributed by atoms with Crippen LogP contribution in [0.5, 0.6) is 11.5 Å². The minimum atomic E-state index is -1.09. The van der Waals surface area contributed by atoms with Crippen molar-refractivity contribution in [1.29, 1.82) is 0 Å². The Bertz CT molecular complexity index is 1450. The average molecular weight is 604 g/mol. The lowest BCUT2D eigenvalue weighted by molar-refractivity contribution is -0.146. The van der Waals surface area contributed by atoms with E-state index in [-0.39, 0.29) is 12.2 Å². The maximum Gasteiger partial charge on any atom is 0.408 e. The highest BCUT2D eigenvalue weighted by molar-refractivity contribution is 5.99. The zero-order valence-electron chi connectivity index (χ0n) is 27.1. The predicted octanol–water partition coefficient (Wildman–Crippen LogP) is 6.46. The van der Waals surface area contributed by atoms with E-state index in [1.54, 1.807) is 64.3 Å².